The third-order valence-corrected chi connectivity index (χ3v) is 11.3. The van der Waals surface area contributed by atoms with Crippen molar-refractivity contribution in [1.82, 2.24) is 19.5 Å². The number of urea groups is 1. The summed E-state index contributed by atoms with van der Waals surface area (Å²) in [5.74, 6) is 0.782. The van der Waals surface area contributed by atoms with Crippen molar-refractivity contribution in [2.45, 2.75) is 36.2 Å². The first-order valence-corrected chi connectivity index (χ1v) is 18.4. The Labute approximate surface area is 296 Å². The summed E-state index contributed by atoms with van der Waals surface area (Å²) in [6.45, 7) is 1.02. The highest BCUT2D eigenvalue weighted by molar-refractivity contribution is 7.92. The number of nitrogens with one attached hydrogen (secondary N) is 2. The number of pyridine rings is 1. The van der Waals surface area contributed by atoms with Gasteiger partial charge in [-0.15, -0.1) is 0 Å². The maximum absolute atomic E-state index is 16.0. The number of benzene rings is 4. The largest absolute Gasteiger partial charge is 0.481 e. The molecule has 51 heavy (non-hydrogen) atoms. The molecule has 2 aliphatic rings. The smallest absolute Gasteiger partial charge is 0.331 e. The first kappa shape index (κ1) is 32.3. The summed E-state index contributed by atoms with van der Waals surface area (Å²) in [6, 6.07) is 36.3. The normalized spacial score (nSPS) is 14.5. The Morgan fingerprint density at radius 1 is 0.902 bits per heavy atom. The van der Waals surface area contributed by atoms with Crippen LogP contribution < -0.4 is 19.5 Å². The van der Waals surface area contributed by atoms with E-state index in [4.69, 9.17) is 13.8 Å². The number of amides is 2. The summed E-state index contributed by atoms with van der Waals surface area (Å²) in [7, 11) is -2.29. The van der Waals surface area contributed by atoms with Crippen molar-refractivity contribution in [2.24, 2.45) is 4.36 Å². The molecule has 1 aliphatic heterocycles. The van der Waals surface area contributed by atoms with Crippen molar-refractivity contribution in [2.75, 3.05) is 19.0 Å². The van der Waals surface area contributed by atoms with Crippen LogP contribution in [0, 0.1) is 0 Å². The van der Waals surface area contributed by atoms with Crippen molar-refractivity contribution < 1.29 is 18.5 Å². The fraction of sp³-hybridized carbons (Fsp3) is 0.175. The van der Waals surface area contributed by atoms with Crippen molar-refractivity contribution in [1.29, 1.82) is 0 Å². The Morgan fingerprint density at radius 3 is 2.18 bits per heavy atom. The van der Waals surface area contributed by atoms with Gasteiger partial charge in [-0.3, -0.25) is 0 Å². The number of methoxy groups -OCH3 is 1. The van der Waals surface area contributed by atoms with Gasteiger partial charge in [0.1, 0.15) is 10.4 Å². The van der Waals surface area contributed by atoms with Crippen LogP contribution in [0.15, 0.2) is 137 Å². The Kier molecular flexibility index (Phi) is 8.48. The van der Waals surface area contributed by atoms with Gasteiger partial charge in [0, 0.05) is 30.8 Å². The monoisotopic (exact) mass is 696 g/mol. The standard InChI is InChI=1S/C40H36N6O4S/c1-49-36-26-29(22-23-41-36)34-21-19-28-18-20-33(28)37(34)43-39(47)44-51(48,35-27-42-46-24-11-25-50-38(35)46)45-40(30-12-5-2-6-13-30,31-14-7-3-8-15-31)32-16-9-4-10-17-32/h2-10,12-17,19,21-23,26-27H,11,18,20,24-25H2,1H3,(H2,43,44,45,47,48). The highest BCUT2D eigenvalue weighted by Crippen LogP contribution is 2.44. The molecule has 2 aromatic heterocycles. The fourth-order valence-electron chi connectivity index (χ4n) is 6.88. The molecule has 0 saturated heterocycles. The van der Waals surface area contributed by atoms with E-state index < -0.39 is 21.5 Å². The van der Waals surface area contributed by atoms with Gasteiger partial charge in [0.2, 0.25) is 11.8 Å². The van der Waals surface area contributed by atoms with Crippen LogP contribution in [-0.4, -0.2) is 38.7 Å². The second-order valence-corrected chi connectivity index (χ2v) is 14.3. The number of carbonyl (C=O) groups is 1. The summed E-state index contributed by atoms with van der Waals surface area (Å²) in [4.78, 5) is 18.9. The average molecular weight is 697 g/mol. The van der Waals surface area contributed by atoms with E-state index in [1.165, 1.54) is 6.20 Å². The van der Waals surface area contributed by atoms with E-state index in [0.29, 0.717) is 30.6 Å². The van der Waals surface area contributed by atoms with Crippen molar-refractivity contribution in [3.8, 4) is 22.9 Å². The average Bonchev–Trinajstić information content (AvgIpc) is 3.61. The van der Waals surface area contributed by atoms with Crippen LogP contribution in [0.1, 0.15) is 34.2 Å². The number of rotatable bonds is 9. The number of aromatic nitrogens is 3. The molecule has 0 bridgehead atoms. The van der Waals surface area contributed by atoms with Crippen LogP contribution in [0.4, 0.5) is 10.5 Å². The highest BCUT2D eigenvalue weighted by atomic mass is 32.2. The van der Waals surface area contributed by atoms with Gasteiger partial charge in [0.05, 0.1) is 25.6 Å². The summed E-state index contributed by atoms with van der Waals surface area (Å²) in [5.41, 5.74) is 5.45. The number of hydrogen-bond acceptors (Lipinski definition) is 7. The van der Waals surface area contributed by atoms with Crippen LogP contribution in [-0.2, 0) is 34.8 Å². The van der Waals surface area contributed by atoms with Gasteiger partial charge in [0.25, 0.3) is 0 Å². The molecule has 2 N–H and O–H groups in total. The third kappa shape index (κ3) is 5.89. The maximum Gasteiger partial charge on any atom is 0.331 e. The fourth-order valence-corrected chi connectivity index (χ4v) is 8.73. The lowest BCUT2D eigenvalue weighted by Gasteiger charge is -2.33. The molecular weight excluding hydrogens is 661 g/mol. The van der Waals surface area contributed by atoms with Gasteiger partial charge in [-0.25, -0.2) is 23.4 Å². The zero-order chi connectivity index (χ0) is 34.8. The van der Waals surface area contributed by atoms with Crippen molar-refractivity contribution in [3.63, 3.8) is 0 Å². The first-order valence-electron chi connectivity index (χ1n) is 16.9. The minimum absolute atomic E-state index is 0.199. The highest BCUT2D eigenvalue weighted by Gasteiger charge is 2.40. The lowest BCUT2D eigenvalue weighted by molar-refractivity contribution is 0.224. The van der Waals surface area contributed by atoms with Gasteiger partial charge >= 0.3 is 6.03 Å². The zero-order valence-electron chi connectivity index (χ0n) is 28.0. The molecule has 1 atom stereocenters. The molecular formula is C40H36N6O4S. The molecule has 0 spiro atoms. The lowest BCUT2D eigenvalue weighted by Crippen LogP contribution is -2.38. The molecule has 10 nitrogen and oxygen atoms in total. The van der Waals surface area contributed by atoms with Crippen LogP contribution in [0.25, 0.3) is 11.1 Å². The molecule has 6 aromatic rings. The SMILES string of the molecule is COc1cc(-c2ccc3c(c2NC(=O)NS(=O)(=NC(c2ccccc2)(c2ccccc2)c2ccccc2)c2cnn4c2OCCC4)CC3)ccn1. The van der Waals surface area contributed by atoms with E-state index in [9.17, 15) is 4.79 Å². The predicted molar refractivity (Wildman–Crippen MR) is 196 cm³/mol. The molecule has 0 saturated carbocycles. The summed E-state index contributed by atoms with van der Waals surface area (Å²) in [6.07, 6.45) is 5.63. The Hall–Kier alpha value is -5.94. The van der Waals surface area contributed by atoms with Crippen molar-refractivity contribution >= 4 is 21.6 Å². The lowest BCUT2D eigenvalue weighted by atomic mass is 9.78. The number of carbonyl (C=O) groups excluding carboxylic acids is 1. The van der Waals surface area contributed by atoms with E-state index >= 15 is 4.21 Å². The Bertz CT molecular complexity index is 2240. The quantitative estimate of drug-likeness (QED) is 0.152. The minimum Gasteiger partial charge on any atom is -0.481 e. The van der Waals surface area contributed by atoms with E-state index in [1.54, 1.807) is 18.0 Å². The number of ether oxygens (including phenoxy) is 2. The molecule has 1 unspecified atom stereocenters. The van der Waals surface area contributed by atoms with Crippen LogP contribution in [0.5, 0.6) is 11.8 Å². The molecule has 4 aromatic carbocycles. The second kappa shape index (κ2) is 13.4. The number of hydrogen-bond donors (Lipinski definition) is 2. The molecule has 11 heteroatoms. The second-order valence-electron chi connectivity index (χ2n) is 12.4. The summed E-state index contributed by atoms with van der Waals surface area (Å²) in [5, 5.41) is 7.62. The van der Waals surface area contributed by atoms with E-state index in [-0.39, 0.29) is 4.90 Å². The topological polar surface area (TPSA) is 120 Å². The molecule has 0 radical (unpaired) electrons. The molecule has 8 rings (SSSR count). The van der Waals surface area contributed by atoms with Crippen LogP contribution in [0.3, 0.4) is 0 Å². The minimum atomic E-state index is -3.86. The molecule has 2 amide bonds. The Balaban J connectivity index is 1.32. The van der Waals surface area contributed by atoms with E-state index in [0.717, 1.165) is 58.2 Å². The van der Waals surface area contributed by atoms with Gasteiger partial charge in [-0.05, 0) is 52.3 Å². The number of nitrogens with zero attached hydrogens (tertiary/aromatic N) is 4. The number of anilines is 1. The van der Waals surface area contributed by atoms with Gasteiger partial charge in [0.15, 0.2) is 9.92 Å². The van der Waals surface area contributed by atoms with Gasteiger partial charge in [-0.2, -0.15) is 9.46 Å². The van der Waals surface area contributed by atoms with Gasteiger partial charge < -0.3 is 14.8 Å². The zero-order valence-corrected chi connectivity index (χ0v) is 28.8. The molecule has 1 aliphatic carbocycles. The molecule has 0 fully saturated rings. The molecule has 3 heterocycles. The van der Waals surface area contributed by atoms with E-state index in [1.807, 2.05) is 109 Å². The third-order valence-electron chi connectivity index (χ3n) is 9.43. The van der Waals surface area contributed by atoms with E-state index in [2.05, 4.69) is 26.2 Å². The summed E-state index contributed by atoms with van der Waals surface area (Å²) < 4.78 is 37.3. The first-order chi connectivity index (χ1) is 25.0. The Morgan fingerprint density at radius 2 is 1.57 bits per heavy atom. The number of fused-ring (bicyclic) bond motifs is 2. The van der Waals surface area contributed by atoms with Crippen molar-refractivity contribution in [3.05, 3.63) is 155 Å². The number of aryl methyl sites for hydroxylation is 2. The predicted octanol–water partition coefficient (Wildman–Crippen LogP) is 7.39. The maximum atomic E-state index is 16.0. The molecule has 256 valence electrons. The van der Waals surface area contributed by atoms with Crippen LogP contribution in [0.2, 0.25) is 0 Å². The van der Waals surface area contributed by atoms with Gasteiger partial charge in [-0.1, -0.05) is 103 Å². The van der Waals surface area contributed by atoms with Crippen LogP contribution >= 0.6 is 0 Å². The summed E-state index contributed by atoms with van der Waals surface area (Å²) >= 11 is 0.